The first-order valence-electron chi connectivity index (χ1n) is 5.12. The van der Waals surface area contributed by atoms with Crippen molar-refractivity contribution in [2.24, 2.45) is 5.73 Å². The second-order valence-electron chi connectivity index (χ2n) is 4.05. The Hall–Kier alpha value is -0.340. The van der Waals surface area contributed by atoms with Gasteiger partial charge in [-0.25, -0.2) is 0 Å². The highest BCUT2D eigenvalue weighted by Gasteiger charge is 2.13. The Balaban J connectivity index is 2.15. The first kappa shape index (κ1) is 9.22. The van der Waals surface area contributed by atoms with Crippen molar-refractivity contribution >= 4 is 11.3 Å². The van der Waals surface area contributed by atoms with Crippen molar-refractivity contribution < 1.29 is 0 Å². The molecule has 1 heterocycles. The van der Waals surface area contributed by atoms with Crippen LogP contribution < -0.4 is 5.73 Å². The lowest BCUT2D eigenvalue weighted by Crippen LogP contribution is -2.16. The van der Waals surface area contributed by atoms with E-state index in [2.05, 4.69) is 13.0 Å². The van der Waals surface area contributed by atoms with Crippen LogP contribution in [0.1, 0.15) is 35.1 Å². The second-order valence-corrected chi connectivity index (χ2v) is 5.27. The van der Waals surface area contributed by atoms with Gasteiger partial charge in [-0.2, -0.15) is 0 Å². The highest BCUT2D eigenvalue weighted by atomic mass is 32.1. The summed E-state index contributed by atoms with van der Waals surface area (Å²) in [6.07, 6.45) is 6.41. The molecule has 0 aromatic carbocycles. The number of aryl methyl sites for hydroxylation is 2. The van der Waals surface area contributed by atoms with Gasteiger partial charge in [-0.15, -0.1) is 11.3 Å². The molecule has 2 N–H and O–H groups in total. The molecule has 13 heavy (non-hydrogen) atoms. The minimum Gasteiger partial charge on any atom is -0.328 e. The lowest BCUT2D eigenvalue weighted by Gasteiger charge is -2.08. The van der Waals surface area contributed by atoms with Crippen molar-refractivity contribution in [3.8, 4) is 0 Å². The van der Waals surface area contributed by atoms with Crippen LogP contribution in [-0.4, -0.2) is 6.04 Å². The van der Waals surface area contributed by atoms with Gasteiger partial charge in [0.15, 0.2) is 0 Å². The minimum absolute atomic E-state index is 0.306. The molecule has 0 fully saturated rings. The molecule has 2 heteroatoms. The van der Waals surface area contributed by atoms with E-state index >= 15 is 0 Å². The Labute approximate surface area is 84.0 Å². The van der Waals surface area contributed by atoms with Crippen LogP contribution in [0.4, 0.5) is 0 Å². The van der Waals surface area contributed by atoms with E-state index in [9.17, 15) is 0 Å². The van der Waals surface area contributed by atoms with E-state index in [1.165, 1.54) is 30.6 Å². The Kier molecular flexibility index (Phi) is 2.70. The van der Waals surface area contributed by atoms with Crippen LogP contribution in [0.5, 0.6) is 0 Å². The summed E-state index contributed by atoms with van der Waals surface area (Å²) >= 11 is 1.98. The molecule has 0 unspecified atom stereocenters. The summed E-state index contributed by atoms with van der Waals surface area (Å²) in [4.78, 5) is 3.11. The highest BCUT2D eigenvalue weighted by molar-refractivity contribution is 7.12. The number of thiophene rings is 1. The van der Waals surface area contributed by atoms with E-state index in [1.807, 2.05) is 11.3 Å². The van der Waals surface area contributed by atoms with Crippen LogP contribution in [0.15, 0.2) is 6.07 Å². The number of hydrogen-bond donors (Lipinski definition) is 1. The van der Waals surface area contributed by atoms with Gasteiger partial charge in [0.2, 0.25) is 0 Å². The Morgan fingerprint density at radius 1 is 1.46 bits per heavy atom. The van der Waals surface area contributed by atoms with Gasteiger partial charge < -0.3 is 5.73 Å². The van der Waals surface area contributed by atoms with Crippen molar-refractivity contribution in [2.45, 2.75) is 45.1 Å². The van der Waals surface area contributed by atoms with Gasteiger partial charge in [0.1, 0.15) is 0 Å². The molecular formula is C11H17NS. The fourth-order valence-corrected chi connectivity index (χ4v) is 3.37. The molecular weight excluding hydrogens is 178 g/mol. The number of hydrogen-bond acceptors (Lipinski definition) is 2. The van der Waals surface area contributed by atoms with Crippen LogP contribution in [-0.2, 0) is 19.3 Å². The smallest absolute Gasteiger partial charge is 0.00801 e. The molecule has 0 spiro atoms. The lowest BCUT2D eigenvalue weighted by molar-refractivity contribution is 0.696. The van der Waals surface area contributed by atoms with Crippen molar-refractivity contribution in [1.29, 1.82) is 0 Å². The molecule has 1 aromatic heterocycles. The average Bonchev–Trinajstić information content (AvgIpc) is 2.44. The molecule has 2 rings (SSSR count). The van der Waals surface area contributed by atoms with Gasteiger partial charge in [0.25, 0.3) is 0 Å². The van der Waals surface area contributed by atoms with Gasteiger partial charge in [-0.3, -0.25) is 0 Å². The largest absolute Gasteiger partial charge is 0.328 e. The van der Waals surface area contributed by atoms with Crippen LogP contribution in [0, 0.1) is 0 Å². The molecule has 72 valence electrons. The maximum atomic E-state index is 5.79. The van der Waals surface area contributed by atoms with Crippen LogP contribution >= 0.6 is 11.3 Å². The van der Waals surface area contributed by atoms with Gasteiger partial charge in [-0.05, 0) is 50.7 Å². The summed E-state index contributed by atoms with van der Waals surface area (Å²) in [5.41, 5.74) is 7.39. The first-order valence-corrected chi connectivity index (χ1v) is 5.93. The number of fused-ring (bicyclic) bond motifs is 1. The molecule has 0 amide bonds. The Morgan fingerprint density at radius 3 is 2.92 bits per heavy atom. The Morgan fingerprint density at radius 2 is 2.23 bits per heavy atom. The van der Waals surface area contributed by atoms with E-state index in [0.29, 0.717) is 6.04 Å². The summed E-state index contributed by atoms with van der Waals surface area (Å²) in [5, 5.41) is 0. The van der Waals surface area contributed by atoms with Gasteiger partial charge in [0, 0.05) is 15.8 Å². The zero-order chi connectivity index (χ0) is 9.26. The standard InChI is InChI=1S/C11H17NS/c1-8(12)6-10-7-9-4-2-3-5-11(9)13-10/h7-8H,2-6,12H2,1H3/t8-/m1/s1. The topological polar surface area (TPSA) is 26.0 Å². The summed E-state index contributed by atoms with van der Waals surface area (Å²) in [6.45, 7) is 2.08. The SMILES string of the molecule is C[C@@H](N)Cc1cc2c(s1)CCCC2. The quantitative estimate of drug-likeness (QED) is 0.771. The fourth-order valence-electron chi connectivity index (χ4n) is 1.97. The maximum Gasteiger partial charge on any atom is 0.00801 e. The zero-order valence-electron chi connectivity index (χ0n) is 8.18. The van der Waals surface area contributed by atoms with Gasteiger partial charge in [0.05, 0.1) is 0 Å². The summed E-state index contributed by atoms with van der Waals surface area (Å²) in [6, 6.07) is 2.68. The molecule has 1 nitrogen and oxygen atoms in total. The summed E-state index contributed by atoms with van der Waals surface area (Å²) in [5.74, 6) is 0. The highest BCUT2D eigenvalue weighted by Crippen LogP contribution is 2.30. The van der Waals surface area contributed by atoms with Gasteiger partial charge in [-0.1, -0.05) is 0 Å². The van der Waals surface area contributed by atoms with Crippen molar-refractivity contribution in [2.75, 3.05) is 0 Å². The molecule has 1 atom stereocenters. The van der Waals surface area contributed by atoms with Crippen molar-refractivity contribution in [3.05, 3.63) is 21.4 Å². The summed E-state index contributed by atoms with van der Waals surface area (Å²) < 4.78 is 0. The van der Waals surface area contributed by atoms with Crippen LogP contribution in [0.3, 0.4) is 0 Å². The van der Waals surface area contributed by atoms with E-state index < -0.39 is 0 Å². The number of rotatable bonds is 2. The third-order valence-corrected chi connectivity index (χ3v) is 3.83. The fraction of sp³-hybridized carbons (Fsp3) is 0.636. The third-order valence-electron chi connectivity index (χ3n) is 2.57. The summed E-state index contributed by atoms with van der Waals surface area (Å²) in [7, 11) is 0. The van der Waals surface area contributed by atoms with E-state index in [1.54, 1.807) is 10.4 Å². The van der Waals surface area contributed by atoms with Crippen molar-refractivity contribution in [3.63, 3.8) is 0 Å². The van der Waals surface area contributed by atoms with Crippen LogP contribution in [0.25, 0.3) is 0 Å². The predicted octanol–water partition coefficient (Wildman–Crippen LogP) is 2.52. The third kappa shape index (κ3) is 2.12. The monoisotopic (exact) mass is 195 g/mol. The molecule has 0 aliphatic heterocycles. The Bertz CT molecular complexity index is 265. The van der Waals surface area contributed by atoms with Gasteiger partial charge >= 0.3 is 0 Å². The molecule has 0 bridgehead atoms. The van der Waals surface area contributed by atoms with E-state index in [-0.39, 0.29) is 0 Å². The van der Waals surface area contributed by atoms with E-state index in [4.69, 9.17) is 5.73 Å². The number of nitrogens with two attached hydrogens (primary N) is 1. The minimum atomic E-state index is 0.306. The molecule has 1 aliphatic carbocycles. The van der Waals surface area contributed by atoms with Crippen LogP contribution in [0.2, 0.25) is 0 Å². The average molecular weight is 195 g/mol. The molecule has 0 radical (unpaired) electrons. The first-order chi connectivity index (χ1) is 6.25. The van der Waals surface area contributed by atoms with E-state index in [0.717, 1.165) is 6.42 Å². The molecule has 0 saturated carbocycles. The lowest BCUT2D eigenvalue weighted by atomic mass is 9.99. The zero-order valence-corrected chi connectivity index (χ0v) is 8.99. The normalized spacial score (nSPS) is 18.3. The second kappa shape index (κ2) is 3.81. The maximum absolute atomic E-state index is 5.79. The molecule has 1 aliphatic rings. The van der Waals surface area contributed by atoms with Crippen molar-refractivity contribution in [1.82, 2.24) is 0 Å². The molecule has 1 aromatic rings. The predicted molar refractivity (Wildman–Crippen MR) is 58.3 cm³/mol. The molecule has 0 saturated heterocycles.